The number of hydrogen-bond acceptors (Lipinski definition) is 5. The van der Waals surface area contributed by atoms with Crippen molar-refractivity contribution in [3.63, 3.8) is 0 Å². The fraction of sp³-hybridized carbons (Fsp3) is 0.481. The number of carbonyl (C=O) groups is 1. The topological polar surface area (TPSA) is 65.8 Å². The molecule has 2 aromatic rings. The van der Waals surface area contributed by atoms with Crippen molar-refractivity contribution in [1.82, 2.24) is 4.90 Å². The van der Waals surface area contributed by atoms with Crippen LogP contribution in [0.25, 0.3) is 0 Å². The van der Waals surface area contributed by atoms with Crippen molar-refractivity contribution in [2.45, 2.75) is 65.1 Å². The molecule has 1 fully saturated rings. The Morgan fingerprint density at radius 3 is 2.26 bits per heavy atom. The zero-order chi connectivity index (χ0) is 25.3. The van der Waals surface area contributed by atoms with Gasteiger partial charge in [-0.05, 0) is 76.9 Å². The van der Waals surface area contributed by atoms with Gasteiger partial charge < -0.3 is 9.47 Å². The van der Waals surface area contributed by atoms with Crippen molar-refractivity contribution in [3.05, 3.63) is 58.1 Å². The van der Waals surface area contributed by atoms with Crippen LogP contribution in [0.15, 0.2) is 36.4 Å². The van der Waals surface area contributed by atoms with Crippen molar-refractivity contribution in [1.29, 1.82) is 5.26 Å². The minimum atomic E-state index is -0.682. The number of likely N-dealkylation sites (tertiary alicyclic amines) is 1. The number of amides is 1. The lowest BCUT2D eigenvalue weighted by Gasteiger charge is -2.48. The molecule has 1 saturated heterocycles. The molecule has 7 heteroatoms. The molecule has 0 radical (unpaired) electrons. The molecule has 0 aliphatic carbocycles. The molecule has 0 unspecified atom stereocenters. The molecule has 0 saturated carbocycles. The van der Waals surface area contributed by atoms with Gasteiger partial charge in [-0.3, -0.25) is 9.80 Å². The summed E-state index contributed by atoms with van der Waals surface area (Å²) < 4.78 is 11.0. The van der Waals surface area contributed by atoms with Crippen molar-refractivity contribution >= 4 is 23.4 Å². The maximum Gasteiger partial charge on any atom is 0.415 e. The highest BCUT2D eigenvalue weighted by Crippen LogP contribution is 2.41. The first-order chi connectivity index (χ1) is 15.8. The summed E-state index contributed by atoms with van der Waals surface area (Å²) >= 11 is 6.93. The first kappa shape index (κ1) is 25.9. The Bertz CT molecular complexity index is 1070. The van der Waals surface area contributed by atoms with Crippen molar-refractivity contribution in [3.8, 4) is 11.8 Å². The molecular formula is C27H34ClN3O3. The van der Waals surface area contributed by atoms with Gasteiger partial charge in [-0.2, -0.15) is 5.26 Å². The monoisotopic (exact) mass is 483 g/mol. The highest BCUT2D eigenvalue weighted by molar-refractivity contribution is 6.34. The normalized spacial score (nSPS) is 14.8. The lowest BCUT2D eigenvalue weighted by molar-refractivity contribution is 0.0471. The van der Waals surface area contributed by atoms with E-state index in [1.54, 1.807) is 13.2 Å². The van der Waals surface area contributed by atoms with E-state index in [1.165, 1.54) is 4.90 Å². The van der Waals surface area contributed by atoms with Gasteiger partial charge in [0.05, 0.1) is 36.0 Å². The largest absolute Gasteiger partial charge is 0.497 e. The number of halogens is 1. The van der Waals surface area contributed by atoms with Crippen LogP contribution in [0, 0.1) is 11.3 Å². The fourth-order valence-corrected chi connectivity index (χ4v) is 4.26. The molecule has 34 heavy (non-hydrogen) atoms. The van der Waals surface area contributed by atoms with E-state index in [0.29, 0.717) is 16.3 Å². The second-order valence-electron chi connectivity index (χ2n) is 10.7. The van der Waals surface area contributed by atoms with Crippen LogP contribution in [0.3, 0.4) is 0 Å². The highest BCUT2D eigenvalue weighted by atomic mass is 35.5. The smallest absolute Gasteiger partial charge is 0.415 e. The Balaban J connectivity index is 2.01. The van der Waals surface area contributed by atoms with Gasteiger partial charge >= 0.3 is 6.09 Å². The van der Waals surface area contributed by atoms with Crippen LogP contribution in [-0.4, -0.2) is 42.3 Å². The molecule has 1 aliphatic heterocycles. The standard InChI is InChI=1S/C27H34ClN3O3/c1-26(2,3)30-16-20(17-30)22-12-19(14-29)13-23(24(22)28)31(25(32)34-27(4,5)6)15-18-8-10-21(33-7)11-9-18/h8-13,20H,15-17H2,1-7H3. The molecule has 0 N–H and O–H groups in total. The Morgan fingerprint density at radius 2 is 1.76 bits per heavy atom. The van der Waals surface area contributed by atoms with Gasteiger partial charge in [-0.25, -0.2) is 4.79 Å². The van der Waals surface area contributed by atoms with Crippen LogP contribution in [0.1, 0.15) is 64.2 Å². The predicted molar refractivity (Wildman–Crippen MR) is 136 cm³/mol. The number of nitrogens with zero attached hydrogens (tertiary/aromatic N) is 3. The first-order valence-corrected chi connectivity index (χ1v) is 11.8. The molecule has 0 bridgehead atoms. The lowest BCUT2D eigenvalue weighted by atomic mass is 9.86. The van der Waals surface area contributed by atoms with Crippen LogP contribution < -0.4 is 9.64 Å². The van der Waals surface area contributed by atoms with Crippen LogP contribution in [-0.2, 0) is 11.3 Å². The highest BCUT2D eigenvalue weighted by Gasteiger charge is 2.37. The number of methoxy groups -OCH3 is 1. The third-order valence-electron chi connectivity index (χ3n) is 5.89. The van der Waals surface area contributed by atoms with Crippen LogP contribution >= 0.6 is 11.6 Å². The third-order valence-corrected chi connectivity index (χ3v) is 6.30. The molecule has 2 aromatic carbocycles. The lowest BCUT2D eigenvalue weighted by Crippen LogP contribution is -2.54. The number of nitriles is 1. The molecule has 1 amide bonds. The second-order valence-corrected chi connectivity index (χ2v) is 11.1. The Hall–Kier alpha value is -2.75. The summed E-state index contributed by atoms with van der Waals surface area (Å²) in [6.45, 7) is 14.0. The summed E-state index contributed by atoms with van der Waals surface area (Å²) in [5, 5.41) is 10.2. The van der Waals surface area contributed by atoms with E-state index in [0.717, 1.165) is 30.0 Å². The number of anilines is 1. The van der Waals surface area contributed by atoms with Crippen LogP contribution in [0.4, 0.5) is 10.5 Å². The first-order valence-electron chi connectivity index (χ1n) is 11.4. The third kappa shape index (κ3) is 6.02. The molecule has 6 nitrogen and oxygen atoms in total. The van der Waals surface area contributed by atoms with E-state index in [-0.39, 0.29) is 18.0 Å². The van der Waals surface area contributed by atoms with Gasteiger partial charge in [0.1, 0.15) is 11.4 Å². The minimum absolute atomic E-state index is 0.0650. The SMILES string of the molecule is COc1ccc(CN(C(=O)OC(C)(C)C)c2cc(C#N)cc(C3CN(C(C)(C)C)C3)c2Cl)cc1. The van der Waals surface area contributed by atoms with Gasteiger partial charge in [0, 0.05) is 24.5 Å². The van der Waals surface area contributed by atoms with E-state index in [2.05, 4.69) is 31.7 Å². The van der Waals surface area contributed by atoms with Gasteiger partial charge in [0.15, 0.2) is 0 Å². The van der Waals surface area contributed by atoms with E-state index >= 15 is 0 Å². The van der Waals surface area contributed by atoms with Crippen LogP contribution in [0.5, 0.6) is 5.75 Å². The summed E-state index contributed by atoms with van der Waals surface area (Å²) in [7, 11) is 1.61. The van der Waals surface area contributed by atoms with Crippen molar-refractivity contribution in [2.75, 3.05) is 25.1 Å². The van der Waals surface area contributed by atoms with Gasteiger partial charge in [-0.1, -0.05) is 23.7 Å². The quantitative estimate of drug-likeness (QED) is 0.495. The Morgan fingerprint density at radius 1 is 1.15 bits per heavy atom. The summed E-state index contributed by atoms with van der Waals surface area (Å²) in [6.07, 6.45) is -0.517. The van der Waals surface area contributed by atoms with E-state index in [9.17, 15) is 10.1 Å². The summed E-state index contributed by atoms with van der Waals surface area (Å²) in [4.78, 5) is 17.2. The minimum Gasteiger partial charge on any atom is -0.497 e. The maximum absolute atomic E-state index is 13.3. The zero-order valence-corrected chi connectivity index (χ0v) is 21.9. The summed E-state index contributed by atoms with van der Waals surface area (Å²) in [6, 6.07) is 13.2. The second kappa shape index (κ2) is 9.85. The number of hydrogen-bond donors (Lipinski definition) is 0. The Kier molecular flexibility index (Phi) is 7.50. The molecule has 182 valence electrons. The maximum atomic E-state index is 13.3. The molecular weight excluding hydrogens is 450 g/mol. The molecule has 1 heterocycles. The Labute approximate surface area is 208 Å². The van der Waals surface area contributed by atoms with Gasteiger partial charge in [0.25, 0.3) is 0 Å². The zero-order valence-electron chi connectivity index (χ0n) is 21.1. The van der Waals surface area contributed by atoms with Gasteiger partial charge in [0.2, 0.25) is 0 Å². The number of rotatable bonds is 5. The van der Waals surface area contributed by atoms with Gasteiger partial charge in [-0.15, -0.1) is 0 Å². The number of ether oxygens (including phenoxy) is 2. The molecule has 0 aromatic heterocycles. The van der Waals surface area contributed by atoms with Crippen LogP contribution in [0.2, 0.25) is 5.02 Å². The number of carbonyl (C=O) groups excluding carboxylic acids is 1. The number of benzene rings is 2. The van der Waals surface area contributed by atoms with E-state index < -0.39 is 11.7 Å². The van der Waals surface area contributed by atoms with E-state index in [1.807, 2.05) is 51.1 Å². The van der Waals surface area contributed by atoms with E-state index in [4.69, 9.17) is 21.1 Å². The predicted octanol–water partition coefficient (Wildman–Crippen LogP) is 6.36. The molecule has 0 spiro atoms. The van der Waals surface area contributed by atoms with Crippen molar-refractivity contribution < 1.29 is 14.3 Å². The van der Waals surface area contributed by atoms with Crippen molar-refractivity contribution in [2.24, 2.45) is 0 Å². The molecule has 1 aliphatic rings. The summed E-state index contributed by atoms with van der Waals surface area (Å²) in [5.41, 5.74) is 2.10. The average Bonchev–Trinajstić information content (AvgIpc) is 2.70. The summed E-state index contributed by atoms with van der Waals surface area (Å²) in [5.74, 6) is 0.924. The molecule has 0 atom stereocenters. The molecule has 3 rings (SSSR count). The average molecular weight is 484 g/mol. The fourth-order valence-electron chi connectivity index (χ4n) is 3.89.